The average molecular weight is 315 g/mol. The zero-order valence-electron chi connectivity index (χ0n) is 12.8. The Morgan fingerprint density at radius 1 is 1.41 bits per heavy atom. The molecule has 0 bridgehead atoms. The highest BCUT2D eigenvalue weighted by Crippen LogP contribution is 2.21. The zero-order valence-corrected chi connectivity index (χ0v) is 13.6. The summed E-state index contributed by atoms with van der Waals surface area (Å²) >= 11 is 1.49. The summed E-state index contributed by atoms with van der Waals surface area (Å²) in [5.74, 6) is 0.161. The summed E-state index contributed by atoms with van der Waals surface area (Å²) < 4.78 is 0. The third kappa shape index (κ3) is 3.93. The van der Waals surface area contributed by atoms with Crippen LogP contribution in [0.15, 0.2) is 35.7 Å². The number of aromatic nitrogens is 1. The van der Waals surface area contributed by atoms with Crippen molar-refractivity contribution in [3.8, 4) is 0 Å². The highest BCUT2D eigenvalue weighted by atomic mass is 32.1. The van der Waals surface area contributed by atoms with Gasteiger partial charge in [-0.25, -0.2) is 4.98 Å². The molecule has 0 saturated carbocycles. The largest absolute Gasteiger partial charge is 0.302 e. The first kappa shape index (κ1) is 15.2. The maximum absolute atomic E-state index is 12.4. The van der Waals surface area contributed by atoms with Gasteiger partial charge in [0.1, 0.15) is 0 Å². The maximum Gasteiger partial charge on any atom is 0.230 e. The molecule has 0 spiro atoms. The fourth-order valence-corrected chi connectivity index (χ4v) is 3.56. The summed E-state index contributed by atoms with van der Waals surface area (Å²) in [5, 5.41) is 5.63. The minimum absolute atomic E-state index is 0.0571. The number of hydrogen-bond donors (Lipinski definition) is 1. The number of rotatable bonds is 4. The number of likely N-dealkylation sites (tertiary alicyclic amines) is 1. The normalized spacial score (nSPS) is 19.0. The van der Waals surface area contributed by atoms with Crippen LogP contribution in [0.4, 0.5) is 5.13 Å². The number of carbonyl (C=O) groups excluding carboxylic acids is 1. The molecule has 1 aromatic heterocycles. The van der Waals surface area contributed by atoms with E-state index in [-0.39, 0.29) is 11.8 Å². The molecule has 1 aliphatic rings. The van der Waals surface area contributed by atoms with E-state index in [1.54, 1.807) is 0 Å². The molecule has 1 saturated heterocycles. The number of thiazole rings is 1. The number of benzene rings is 1. The summed E-state index contributed by atoms with van der Waals surface area (Å²) in [6, 6.07) is 10.4. The third-order valence-corrected chi connectivity index (χ3v) is 4.85. The summed E-state index contributed by atoms with van der Waals surface area (Å²) in [5.41, 5.74) is 2.26. The molecule has 1 amide bonds. The quantitative estimate of drug-likeness (QED) is 0.941. The lowest BCUT2D eigenvalue weighted by molar-refractivity contribution is -0.121. The Morgan fingerprint density at radius 3 is 2.95 bits per heavy atom. The van der Waals surface area contributed by atoms with Crippen LogP contribution >= 0.6 is 11.3 Å². The van der Waals surface area contributed by atoms with Gasteiger partial charge in [-0.1, -0.05) is 30.3 Å². The second-order valence-electron chi connectivity index (χ2n) is 5.84. The van der Waals surface area contributed by atoms with Gasteiger partial charge in [-0.3, -0.25) is 9.69 Å². The van der Waals surface area contributed by atoms with Gasteiger partial charge in [0.15, 0.2) is 5.13 Å². The molecule has 2 aromatic rings. The molecule has 1 aliphatic heterocycles. The number of amides is 1. The van der Waals surface area contributed by atoms with Gasteiger partial charge in [0.25, 0.3) is 0 Å². The molecule has 1 atom stereocenters. The van der Waals surface area contributed by atoms with E-state index < -0.39 is 0 Å². The number of anilines is 1. The van der Waals surface area contributed by atoms with Crippen LogP contribution in [0.2, 0.25) is 0 Å². The smallest absolute Gasteiger partial charge is 0.230 e. The van der Waals surface area contributed by atoms with Crippen LogP contribution in [-0.2, 0) is 11.3 Å². The van der Waals surface area contributed by atoms with Crippen molar-refractivity contribution in [2.75, 3.05) is 18.4 Å². The van der Waals surface area contributed by atoms with Gasteiger partial charge < -0.3 is 5.32 Å². The molecule has 4 nitrogen and oxygen atoms in total. The standard InChI is InChI=1S/C17H21N3OS/c1-13-12-22-17(18-13)19-16(21)15-8-5-9-20(11-15)10-14-6-3-2-4-7-14/h2-4,6-7,12,15H,5,8-11H2,1H3,(H,18,19,21). The second kappa shape index (κ2) is 7.03. The molecule has 116 valence electrons. The Morgan fingerprint density at radius 2 is 2.23 bits per heavy atom. The fourth-order valence-electron chi connectivity index (χ4n) is 2.87. The Hall–Kier alpha value is -1.72. The third-order valence-electron chi connectivity index (χ3n) is 3.97. The summed E-state index contributed by atoms with van der Waals surface area (Å²) in [6.45, 7) is 4.75. The van der Waals surface area contributed by atoms with E-state index in [1.165, 1.54) is 16.9 Å². The molecule has 0 radical (unpaired) electrons. The van der Waals surface area contributed by atoms with Gasteiger partial charge in [0.05, 0.1) is 11.6 Å². The van der Waals surface area contributed by atoms with E-state index >= 15 is 0 Å². The van der Waals surface area contributed by atoms with Gasteiger partial charge in [0.2, 0.25) is 5.91 Å². The molecular weight excluding hydrogens is 294 g/mol. The zero-order chi connectivity index (χ0) is 15.4. The van der Waals surface area contributed by atoms with Crippen molar-refractivity contribution in [1.82, 2.24) is 9.88 Å². The van der Waals surface area contributed by atoms with Crippen molar-refractivity contribution in [3.05, 3.63) is 47.0 Å². The monoisotopic (exact) mass is 315 g/mol. The molecule has 1 fully saturated rings. The van der Waals surface area contributed by atoms with Crippen LogP contribution in [0, 0.1) is 12.8 Å². The molecule has 2 heterocycles. The van der Waals surface area contributed by atoms with E-state index in [0.717, 1.165) is 38.2 Å². The molecule has 1 unspecified atom stereocenters. The highest BCUT2D eigenvalue weighted by Gasteiger charge is 2.26. The minimum Gasteiger partial charge on any atom is -0.302 e. The van der Waals surface area contributed by atoms with Gasteiger partial charge in [-0.05, 0) is 31.9 Å². The van der Waals surface area contributed by atoms with E-state index in [1.807, 2.05) is 18.4 Å². The number of nitrogens with zero attached hydrogens (tertiary/aromatic N) is 2. The number of aryl methyl sites for hydroxylation is 1. The Kier molecular flexibility index (Phi) is 4.85. The molecular formula is C17H21N3OS. The lowest BCUT2D eigenvalue weighted by atomic mass is 9.97. The van der Waals surface area contributed by atoms with Crippen molar-refractivity contribution in [1.29, 1.82) is 0 Å². The van der Waals surface area contributed by atoms with E-state index in [2.05, 4.69) is 39.5 Å². The van der Waals surface area contributed by atoms with Crippen LogP contribution < -0.4 is 5.32 Å². The Balaban J connectivity index is 1.57. The number of carbonyl (C=O) groups is 1. The molecule has 0 aliphatic carbocycles. The Bertz CT molecular complexity index is 626. The van der Waals surface area contributed by atoms with Crippen LogP contribution in [0.1, 0.15) is 24.1 Å². The maximum atomic E-state index is 12.4. The molecule has 1 aromatic carbocycles. The molecule has 5 heteroatoms. The fraction of sp³-hybridized carbons (Fsp3) is 0.412. The summed E-state index contributed by atoms with van der Waals surface area (Å²) in [4.78, 5) is 19.1. The van der Waals surface area contributed by atoms with Crippen molar-refractivity contribution >= 4 is 22.4 Å². The summed E-state index contributed by atoms with van der Waals surface area (Å²) in [7, 11) is 0. The minimum atomic E-state index is 0.0571. The van der Waals surface area contributed by atoms with Gasteiger partial charge in [-0.15, -0.1) is 11.3 Å². The first-order valence-electron chi connectivity index (χ1n) is 7.70. The van der Waals surface area contributed by atoms with Crippen LogP contribution in [0.3, 0.4) is 0 Å². The average Bonchev–Trinajstić information content (AvgIpc) is 2.93. The number of nitrogens with one attached hydrogen (secondary N) is 1. The highest BCUT2D eigenvalue weighted by molar-refractivity contribution is 7.13. The first-order chi connectivity index (χ1) is 10.7. The molecule has 1 N–H and O–H groups in total. The first-order valence-corrected chi connectivity index (χ1v) is 8.58. The predicted octanol–water partition coefficient (Wildman–Crippen LogP) is 3.30. The van der Waals surface area contributed by atoms with Crippen LogP contribution in [0.5, 0.6) is 0 Å². The van der Waals surface area contributed by atoms with Crippen LogP contribution in [-0.4, -0.2) is 28.9 Å². The van der Waals surface area contributed by atoms with Gasteiger partial charge in [0, 0.05) is 18.5 Å². The van der Waals surface area contributed by atoms with E-state index in [9.17, 15) is 4.79 Å². The van der Waals surface area contributed by atoms with E-state index in [0.29, 0.717) is 5.13 Å². The van der Waals surface area contributed by atoms with Crippen molar-refractivity contribution in [2.45, 2.75) is 26.3 Å². The van der Waals surface area contributed by atoms with Gasteiger partial charge in [-0.2, -0.15) is 0 Å². The van der Waals surface area contributed by atoms with Crippen LogP contribution in [0.25, 0.3) is 0 Å². The van der Waals surface area contributed by atoms with Crippen molar-refractivity contribution in [2.24, 2.45) is 5.92 Å². The summed E-state index contributed by atoms with van der Waals surface area (Å²) in [6.07, 6.45) is 2.03. The Labute approximate surface area is 135 Å². The predicted molar refractivity (Wildman–Crippen MR) is 89.9 cm³/mol. The van der Waals surface area contributed by atoms with Crippen molar-refractivity contribution in [3.63, 3.8) is 0 Å². The van der Waals surface area contributed by atoms with Gasteiger partial charge >= 0.3 is 0 Å². The molecule has 22 heavy (non-hydrogen) atoms. The number of piperidine rings is 1. The topological polar surface area (TPSA) is 45.2 Å². The SMILES string of the molecule is Cc1csc(NC(=O)C2CCCN(Cc3ccccc3)C2)n1. The van der Waals surface area contributed by atoms with Crippen molar-refractivity contribution < 1.29 is 4.79 Å². The van der Waals surface area contributed by atoms with E-state index in [4.69, 9.17) is 0 Å². The molecule has 3 rings (SSSR count). The number of hydrogen-bond acceptors (Lipinski definition) is 4. The lowest BCUT2D eigenvalue weighted by Crippen LogP contribution is -2.40. The second-order valence-corrected chi connectivity index (χ2v) is 6.70. The lowest BCUT2D eigenvalue weighted by Gasteiger charge is -2.31.